The Morgan fingerprint density at radius 2 is 1.65 bits per heavy atom. The van der Waals surface area contributed by atoms with E-state index in [4.69, 9.17) is 0 Å². The fraction of sp³-hybridized carbons (Fsp3) is 0.389. The van der Waals surface area contributed by atoms with E-state index in [0.29, 0.717) is 37.6 Å². The van der Waals surface area contributed by atoms with Gasteiger partial charge in [-0.2, -0.15) is 13.2 Å². The highest BCUT2D eigenvalue weighted by Gasteiger charge is 2.33. The molecule has 138 valence electrons. The molecule has 1 aliphatic rings. The average Bonchev–Trinajstić information content (AvgIpc) is 2.67. The topological polar surface area (TPSA) is 49.3 Å². The van der Waals surface area contributed by atoms with Crippen LogP contribution in [-0.2, 0) is 12.6 Å². The van der Waals surface area contributed by atoms with Crippen LogP contribution in [0.15, 0.2) is 36.4 Å². The van der Waals surface area contributed by atoms with Crippen LogP contribution in [0.25, 0.3) is 0 Å². The first-order valence-corrected chi connectivity index (χ1v) is 8.42. The van der Waals surface area contributed by atoms with Crippen LogP contribution >= 0.6 is 0 Å². The van der Waals surface area contributed by atoms with Crippen molar-refractivity contribution < 1.29 is 18.0 Å². The van der Waals surface area contributed by atoms with Crippen LogP contribution in [0.3, 0.4) is 0 Å². The number of alkyl halides is 3. The zero-order valence-corrected chi connectivity index (χ0v) is 14.3. The lowest BCUT2D eigenvalue weighted by molar-refractivity contribution is -0.141. The Bertz CT molecular complexity index is 752. The maximum Gasteiger partial charge on any atom is 0.435 e. The summed E-state index contributed by atoms with van der Waals surface area (Å²) >= 11 is 0. The number of carbonyl (C=O) groups is 1. The number of hydrogen-bond acceptors (Lipinski definition) is 4. The van der Waals surface area contributed by atoms with E-state index in [1.807, 2.05) is 29.2 Å². The molecule has 8 heteroatoms. The van der Waals surface area contributed by atoms with Gasteiger partial charge in [0.15, 0.2) is 11.5 Å². The summed E-state index contributed by atoms with van der Waals surface area (Å²) in [6, 6.07) is 9.79. The van der Waals surface area contributed by atoms with Crippen molar-refractivity contribution in [1.82, 2.24) is 15.1 Å². The van der Waals surface area contributed by atoms with E-state index in [9.17, 15) is 18.0 Å². The number of aryl methyl sites for hydroxylation is 1. The first-order valence-electron chi connectivity index (χ1n) is 8.42. The second kappa shape index (κ2) is 7.31. The van der Waals surface area contributed by atoms with Crippen molar-refractivity contribution in [2.45, 2.75) is 19.5 Å². The summed E-state index contributed by atoms with van der Waals surface area (Å²) in [7, 11) is 0. The molecule has 0 atom stereocenters. The fourth-order valence-corrected chi connectivity index (χ4v) is 2.85. The first kappa shape index (κ1) is 18.2. The van der Waals surface area contributed by atoms with Crippen molar-refractivity contribution in [3.05, 3.63) is 53.2 Å². The minimum absolute atomic E-state index is 0.0363. The molecule has 1 aromatic carbocycles. The van der Waals surface area contributed by atoms with E-state index in [0.717, 1.165) is 12.5 Å². The normalized spacial score (nSPS) is 15.2. The molecule has 0 N–H and O–H groups in total. The van der Waals surface area contributed by atoms with Crippen LogP contribution in [0.5, 0.6) is 0 Å². The summed E-state index contributed by atoms with van der Waals surface area (Å²) < 4.78 is 37.7. The van der Waals surface area contributed by atoms with Gasteiger partial charge in [0.2, 0.25) is 0 Å². The third-order valence-corrected chi connectivity index (χ3v) is 4.44. The number of rotatable bonds is 3. The van der Waals surface area contributed by atoms with Gasteiger partial charge in [0, 0.05) is 31.7 Å². The van der Waals surface area contributed by atoms with E-state index in [1.165, 1.54) is 11.6 Å². The van der Waals surface area contributed by atoms with Crippen molar-refractivity contribution >= 4 is 11.7 Å². The van der Waals surface area contributed by atoms with Crippen molar-refractivity contribution in [3.63, 3.8) is 0 Å². The minimum atomic E-state index is -4.50. The van der Waals surface area contributed by atoms with Gasteiger partial charge in [-0.3, -0.25) is 4.79 Å². The van der Waals surface area contributed by atoms with Crippen LogP contribution in [0.1, 0.15) is 28.5 Å². The number of aromatic nitrogens is 2. The lowest BCUT2D eigenvalue weighted by Gasteiger charge is -2.35. The van der Waals surface area contributed by atoms with Gasteiger partial charge in [0.05, 0.1) is 0 Å². The van der Waals surface area contributed by atoms with Crippen molar-refractivity contribution in [3.8, 4) is 0 Å². The van der Waals surface area contributed by atoms with Gasteiger partial charge < -0.3 is 9.80 Å². The Hall–Kier alpha value is -2.64. The van der Waals surface area contributed by atoms with Crippen LogP contribution in [0, 0.1) is 0 Å². The third-order valence-electron chi connectivity index (χ3n) is 4.44. The molecule has 1 amide bonds. The van der Waals surface area contributed by atoms with Crippen LogP contribution in [-0.4, -0.2) is 47.2 Å². The monoisotopic (exact) mass is 364 g/mol. The van der Waals surface area contributed by atoms with Crippen molar-refractivity contribution in [1.29, 1.82) is 0 Å². The number of hydrogen-bond donors (Lipinski definition) is 0. The molecule has 1 aliphatic heterocycles. The first-order chi connectivity index (χ1) is 12.4. The standard InChI is InChI=1S/C18H19F3N4O/c1-2-13-3-5-14(6-4-13)17(26)25-11-9-24(10-12-25)16-8-7-15(22-23-16)18(19,20)21/h3-8H,2,9-12H2,1H3. The molecule has 0 spiro atoms. The molecule has 5 nitrogen and oxygen atoms in total. The number of anilines is 1. The van der Waals surface area contributed by atoms with E-state index in [2.05, 4.69) is 17.1 Å². The second-order valence-electron chi connectivity index (χ2n) is 6.10. The molecule has 1 saturated heterocycles. The molecular weight excluding hydrogens is 345 g/mol. The minimum Gasteiger partial charge on any atom is -0.352 e. The predicted molar refractivity (Wildman–Crippen MR) is 91.0 cm³/mol. The lowest BCUT2D eigenvalue weighted by atomic mass is 10.1. The molecule has 1 aromatic heterocycles. The van der Waals surface area contributed by atoms with Crippen molar-refractivity contribution in [2.24, 2.45) is 0 Å². The Labute approximate surface area is 149 Å². The number of amides is 1. The molecule has 0 radical (unpaired) electrons. The molecule has 0 unspecified atom stereocenters. The van der Waals surface area contributed by atoms with Gasteiger partial charge in [-0.05, 0) is 36.2 Å². The fourth-order valence-electron chi connectivity index (χ4n) is 2.85. The molecular formula is C18H19F3N4O. The summed E-state index contributed by atoms with van der Waals surface area (Å²) in [6.45, 7) is 4.02. The molecule has 0 bridgehead atoms. The highest BCUT2D eigenvalue weighted by Crippen LogP contribution is 2.27. The second-order valence-corrected chi connectivity index (χ2v) is 6.10. The lowest BCUT2D eigenvalue weighted by Crippen LogP contribution is -2.49. The van der Waals surface area contributed by atoms with Gasteiger partial charge in [-0.15, -0.1) is 10.2 Å². The summed E-state index contributed by atoms with van der Waals surface area (Å²) in [4.78, 5) is 16.1. The predicted octanol–water partition coefficient (Wildman–Crippen LogP) is 3.02. The number of piperazine rings is 1. The van der Waals surface area contributed by atoms with E-state index in [-0.39, 0.29) is 5.91 Å². The number of benzene rings is 1. The van der Waals surface area contributed by atoms with Gasteiger partial charge in [-0.1, -0.05) is 19.1 Å². The van der Waals surface area contributed by atoms with E-state index in [1.54, 1.807) is 4.90 Å². The molecule has 0 saturated carbocycles. The molecule has 26 heavy (non-hydrogen) atoms. The van der Waals surface area contributed by atoms with Gasteiger partial charge >= 0.3 is 6.18 Å². The molecule has 2 heterocycles. The highest BCUT2D eigenvalue weighted by atomic mass is 19.4. The average molecular weight is 364 g/mol. The SMILES string of the molecule is CCc1ccc(C(=O)N2CCN(c3ccc(C(F)(F)F)nn3)CC2)cc1. The molecule has 1 fully saturated rings. The zero-order chi connectivity index (χ0) is 18.7. The largest absolute Gasteiger partial charge is 0.435 e. The van der Waals surface area contributed by atoms with Crippen LogP contribution in [0.2, 0.25) is 0 Å². The number of halogens is 3. The van der Waals surface area contributed by atoms with Crippen LogP contribution in [0.4, 0.5) is 19.0 Å². The molecule has 3 rings (SSSR count). The Kier molecular flexibility index (Phi) is 5.11. The number of carbonyl (C=O) groups excluding carboxylic acids is 1. The highest BCUT2D eigenvalue weighted by molar-refractivity contribution is 5.94. The Balaban J connectivity index is 1.60. The zero-order valence-electron chi connectivity index (χ0n) is 14.3. The molecule has 2 aromatic rings. The summed E-state index contributed by atoms with van der Waals surface area (Å²) in [5.74, 6) is 0.350. The van der Waals surface area contributed by atoms with E-state index < -0.39 is 11.9 Å². The number of nitrogens with zero attached hydrogens (tertiary/aromatic N) is 4. The third kappa shape index (κ3) is 3.95. The summed E-state index contributed by atoms with van der Waals surface area (Å²) in [5.41, 5.74) is 0.808. The van der Waals surface area contributed by atoms with Crippen LogP contribution < -0.4 is 4.90 Å². The van der Waals surface area contributed by atoms with Gasteiger partial charge in [0.1, 0.15) is 0 Å². The summed E-state index contributed by atoms with van der Waals surface area (Å²) in [5, 5.41) is 6.91. The maximum absolute atomic E-state index is 12.6. The smallest absolute Gasteiger partial charge is 0.352 e. The van der Waals surface area contributed by atoms with Crippen molar-refractivity contribution in [2.75, 3.05) is 31.1 Å². The van der Waals surface area contributed by atoms with E-state index >= 15 is 0 Å². The molecule has 0 aliphatic carbocycles. The quantitative estimate of drug-likeness (QED) is 0.840. The van der Waals surface area contributed by atoms with Gasteiger partial charge in [-0.25, -0.2) is 0 Å². The summed E-state index contributed by atoms with van der Waals surface area (Å²) in [6.07, 6.45) is -3.58. The Morgan fingerprint density at radius 3 is 2.15 bits per heavy atom. The Morgan fingerprint density at radius 1 is 1.00 bits per heavy atom. The maximum atomic E-state index is 12.6. The van der Waals surface area contributed by atoms with Gasteiger partial charge in [0.25, 0.3) is 5.91 Å².